The van der Waals surface area contributed by atoms with E-state index in [-0.39, 0.29) is 11.3 Å². The van der Waals surface area contributed by atoms with Gasteiger partial charge < -0.3 is 15.0 Å². The molecule has 1 amide bonds. The van der Waals surface area contributed by atoms with Gasteiger partial charge in [0.1, 0.15) is 5.69 Å². The number of benzene rings is 2. The summed E-state index contributed by atoms with van der Waals surface area (Å²) in [5, 5.41) is 14.4. The quantitative estimate of drug-likeness (QED) is 0.371. The molecule has 2 aromatic carbocycles. The Morgan fingerprint density at radius 3 is 2.79 bits per heavy atom. The lowest BCUT2D eigenvalue weighted by Crippen LogP contribution is -2.36. The summed E-state index contributed by atoms with van der Waals surface area (Å²) in [6, 6.07) is 10.1. The predicted octanol–water partition coefficient (Wildman–Crippen LogP) is 4.02. The zero-order valence-corrected chi connectivity index (χ0v) is 17.2. The number of anilines is 2. The highest BCUT2D eigenvalue weighted by Gasteiger charge is 2.23. The number of ether oxygens (including phenoxy) is 1. The second kappa shape index (κ2) is 8.36. The minimum atomic E-state index is -0.450. The second-order valence-electron chi connectivity index (χ2n) is 6.38. The highest BCUT2D eigenvalue weighted by Crippen LogP contribution is 2.32. The molecule has 1 N–H and O–H groups in total. The Hall–Kier alpha value is -2.69. The number of nitro benzene ring substituents is 1. The number of rotatable bonds is 5. The van der Waals surface area contributed by atoms with Gasteiger partial charge in [0, 0.05) is 30.4 Å². The third-order valence-corrected chi connectivity index (χ3v) is 6.59. The lowest BCUT2D eigenvalue weighted by molar-refractivity contribution is -0.384. The second-order valence-corrected chi connectivity index (χ2v) is 8.46. The third kappa shape index (κ3) is 4.19. The molecule has 2 heterocycles. The van der Waals surface area contributed by atoms with E-state index in [0.717, 1.165) is 14.6 Å². The molecule has 4 rings (SSSR count). The molecule has 0 radical (unpaired) electrons. The van der Waals surface area contributed by atoms with Crippen molar-refractivity contribution in [3.05, 3.63) is 52.1 Å². The number of carbonyl (C=O) groups excluding carboxylic acids is 1. The van der Waals surface area contributed by atoms with Crippen LogP contribution in [0.2, 0.25) is 0 Å². The van der Waals surface area contributed by atoms with Gasteiger partial charge in [0.25, 0.3) is 11.6 Å². The van der Waals surface area contributed by atoms with E-state index in [9.17, 15) is 14.9 Å². The van der Waals surface area contributed by atoms with Crippen LogP contribution < -0.4 is 10.2 Å². The molecular formula is C19H18N4O4S2. The van der Waals surface area contributed by atoms with Crippen LogP contribution in [-0.2, 0) is 4.74 Å². The highest BCUT2D eigenvalue weighted by molar-refractivity contribution is 8.00. The van der Waals surface area contributed by atoms with Crippen LogP contribution in [0.15, 0.2) is 40.7 Å². The normalized spacial score (nSPS) is 14.2. The molecule has 1 aromatic heterocycles. The van der Waals surface area contributed by atoms with Crippen LogP contribution >= 0.6 is 23.1 Å². The van der Waals surface area contributed by atoms with Crippen molar-refractivity contribution in [1.82, 2.24) is 4.98 Å². The van der Waals surface area contributed by atoms with Crippen molar-refractivity contribution < 1.29 is 14.5 Å². The number of hydrogen-bond acceptors (Lipinski definition) is 8. The molecule has 0 unspecified atom stereocenters. The van der Waals surface area contributed by atoms with Gasteiger partial charge in [-0.15, -0.1) is 11.3 Å². The Balaban J connectivity index is 1.58. The summed E-state index contributed by atoms with van der Waals surface area (Å²) in [6.45, 7) is 2.22. The van der Waals surface area contributed by atoms with E-state index < -0.39 is 10.8 Å². The lowest BCUT2D eigenvalue weighted by atomic mass is 10.1. The van der Waals surface area contributed by atoms with Gasteiger partial charge >= 0.3 is 0 Å². The topological polar surface area (TPSA) is 97.6 Å². The van der Waals surface area contributed by atoms with Crippen LogP contribution in [0.5, 0.6) is 0 Å². The van der Waals surface area contributed by atoms with Gasteiger partial charge in [-0.25, -0.2) is 4.98 Å². The van der Waals surface area contributed by atoms with Crippen LogP contribution in [0, 0.1) is 10.1 Å². The smallest absolute Gasteiger partial charge is 0.293 e. The Morgan fingerprint density at radius 1 is 1.28 bits per heavy atom. The molecular weight excluding hydrogens is 412 g/mol. The SMILES string of the molecule is CSc1nc2ccc(NC(=O)c3ccc(N4CCOCC4)c([N+](=O)[O-])c3)cc2s1. The summed E-state index contributed by atoms with van der Waals surface area (Å²) in [4.78, 5) is 30.2. The average molecular weight is 431 g/mol. The van der Waals surface area contributed by atoms with Crippen molar-refractivity contribution in [1.29, 1.82) is 0 Å². The van der Waals surface area contributed by atoms with Crippen molar-refractivity contribution in [3.8, 4) is 0 Å². The molecule has 1 aliphatic heterocycles. The maximum absolute atomic E-state index is 12.7. The number of morpholine rings is 1. The van der Waals surface area contributed by atoms with Crippen LogP contribution in [0.3, 0.4) is 0 Å². The van der Waals surface area contributed by atoms with Crippen molar-refractivity contribution in [2.24, 2.45) is 0 Å². The van der Waals surface area contributed by atoms with Gasteiger partial charge in [0.05, 0.1) is 28.4 Å². The standard InChI is InChI=1S/C19H18N4O4S2/c1-28-19-21-14-4-3-13(11-17(14)29-19)20-18(24)12-2-5-15(16(10-12)23(25)26)22-6-8-27-9-7-22/h2-5,10-11H,6-9H2,1H3,(H,20,24). The largest absolute Gasteiger partial charge is 0.378 e. The number of hydrogen-bond donors (Lipinski definition) is 1. The average Bonchev–Trinajstić information content (AvgIpc) is 3.16. The summed E-state index contributed by atoms with van der Waals surface area (Å²) < 4.78 is 7.24. The van der Waals surface area contributed by atoms with Gasteiger partial charge in [-0.2, -0.15) is 0 Å². The summed E-state index contributed by atoms with van der Waals surface area (Å²) in [7, 11) is 0. The van der Waals surface area contributed by atoms with Crippen molar-refractivity contribution in [3.63, 3.8) is 0 Å². The molecule has 0 saturated carbocycles. The number of nitro groups is 1. The number of thioether (sulfide) groups is 1. The van der Waals surface area contributed by atoms with E-state index in [4.69, 9.17) is 4.74 Å². The molecule has 29 heavy (non-hydrogen) atoms. The molecule has 10 heteroatoms. The summed E-state index contributed by atoms with van der Waals surface area (Å²) in [6.07, 6.45) is 1.97. The fourth-order valence-corrected chi connectivity index (χ4v) is 4.68. The van der Waals surface area contributed by atoms with Crippen molar-refractivity contribution >= 4 is 56.3 Å². The molecule has 0 bridgehead atoms. The summed E-state index contributed by atoms with van der Waals surface area (Å²) >= 11 is 3.13. The monoisotopic (exact) mass is 430 g/mol. The number of thiazole rings is 1. The first-order valence-corrected chi connectivity index (χ1v) is 11.0. The number of nitrogens with one attached hydrogen (secondary N) is 1. The van der Waals surface area contributed by atoms with Crippen LogP contribution in [-0.4, -0.2) is 48.4 Å². The predicted molar refractivity (Wildman–Crippen MR) is 115 cm³/mol. The van der Waals surface area contributed by atoms with E-state index in [1.165, 1.54) is 6.07 Å². The summed E-state index contributed by atoms with van der Waals surface area (Å²) in [5.74, 6) is -0.393. The number of nitrogens with zero attached hydrogens (tertiary/aromatic N) is 3. The first-order chi connectivity index (χ1) is 14.0. The number of aromatic nitrogens is 1. The maximum Gasteiger partial charge on any atom is 0.293 e. The van der Waals surface area contributed by atoms with Crippen LogP contribution in [0.4, 0.5) is 17.1 Å². The zero-order chi connectivity index (χ0) is 20.4. The molecule has 1 aliphatic rings. The van der Waals surface area contributed by atoms with E-state index in [1.54, 1.807) is 41.3 Å². The molecule has 0 spiro atoms. The molecule has 1 fully saturated rings. The van der Waals surface area contributed by atoms with Gasteiger partial charge in [-0.1, -0.05) is 11.8 Å². The van der Waals surface area contributed by atoms with E-state index in [2.05, 4.69) is 10.3 Å². The molecule has 0 aliphatic carbocycles. The Kier molecular flexibility index (Phi) is 5.65. The lowest BCUT2D eigenvalue weighted by Gasteiger charge is -2.28. The minimum absolute atomic E-state index is 0.0814. The molecule has 1 saturated heterocycles. The maximum atomic E-state index is 12.7. The van der Waals surface area contributed by atoms with Gasteiger partial charge in [-0.05, 0) is 36.6 Å². The first-order valence-electron chi connectivity index (χ1n) is 8.92. The van der Waals surface area contributed by atoms with Crippen molar-refractivity contribution in [2.45, 2.75) is 4.34 Å². The van der Waals surface area contributed by atoms with Crippen molar-refractivity contribution in [2.75, 3.05) is 42.8 Å². The van der Waals surface area contributed by atoms with Gasteiger partial charge in [0.15, 0.2) is 4.34 Å². The van der Waals surface area contributed by atoms with E-state index in [0.29, 0.717) is 37.7 Å². The van der Waals surface area contributed by atoms with Crippen LogP contribution in [0.25, 0.3) is 10.2 Å². The molecule has 3 aromatic rings. The number of amides is 1. The van der Waals surface area contributed by atoms with Gasteiger partial charge in [0.2, 0.25) is 0 Å². The molecule has 0 atom stereocenters. The number of carbonyl (C=O) groups is 1. The van der Waals surface area contributed by atoms with Gasteiger partial charge in [-0.3, -0.25) is 14.9 Å². The minimum Gasteiger partial charge on any atom is -0.378 e. The highest BCUT2D eigenvalue weighted by atomic mass is 32.2. The Labute approximate surface area is 175 Å². The third-order valence-electron chi connectivity index (χ3n) is 4.59. The fourth-order valence-electron chi connectivity index (χ4n) is 3.15. The Bertz CT molecular complexity index is 1080. The molecule has 8 nitrogen and oxygen atoms in total. The van der Waals surface area contributed by atoms with Crippen LogP contribution in [0.1, 0.15) is 10.4 Å². The summed E-state index contributed by atoms with van der Waals surface area (Å²) in [5.41, 5.74) is 2.16. The first kappa shape index (κ1) is 19.6. The zero-order valence-electron chi connectivity index (χ0n) is 15.6. The van der Waals surface area contributed by atoms with E-state index >= 15 is 0 Å². The molecule has 150 valence electrons. The fraction of sp³-hybridized carbons (Fsp3) is 0.263. The Morgan fingerprint density at radius 2 is 2.07 bits per heavy atom. The van der Waals surface area contributed by atoms with E-state index in [1.807, 2.05) is 23.3 Å². The number of fused-ring (bicyclic) bond motifs is 1.